The molecule has 0 saturated heterocycles. The smallest absolute Gasteiger partial charge is 0.274 e. The maximum atomic E-state index is 12.2. The van der Waals surface area contributed by atoms with E-state index in [0.29, 0.717) is 17.7 Å². The van der Waals surface area contributed by atoms with E-state index < -0.39 is 5.91 Å². The van der Waals surface area contributed by atoms with E-state index in [9.17, 15) is 9.59 Å². The van der Waals surface area contributed by atoms with Crippen LogP contribution in [0.5, 0.6) is 0 Å². The Kier molecular flexibility index (Phi) is 5.41. The van der Waals surface area contributed by atoms with Crippen LogP contribution in [0.15, 0.2) is 78.9 Å². The predicted octanol–water partition coefficient (Wildman–Crippen LogP) is 3.40. The summed E-state index contributed by atoms with van der Waals surface area (Å²) >= 11 is 0. The molecule has 130 valence electrons. The molecule has 0 bridgehead atoms. The van der Waals surface area contributed by atoms with Crippen molar-refractivity contribution in [1.82, 2.24) is 10.8 Å². The molecule has 0 radical (unpaired) electrons. The van der Waals surface area contributed by atoms with Gasteiger partial charge in [-0.05, 0) is 41.0 Å². The Bertz CT molecular complexity index is 889. The van der Waals surface area contributed by atoms with Crippen LogP contribution in [0.3, 0.4) is 0 Å². The summed E-state index contributed by atoms with van der Waals surface area (Å²) < 4.78 is 0. The Balaban J connectivity index is 1.66. The first-order valence-corrected chi connectivity index (χ1v) is 8.14. The lowest BCUT2D eigenvalue weighted by Gasteiger charge is -2.07. The van der Waals surface area contributed by atoms with Crippen LogP contribution in [-0.4, -0.2) is 17.0 Å². The minimum absolute atomic E-state index is 0.129. The van der Waals surface area contributed by atoms with Crippen molar-refractivity contribution < 1.29 is 14.8 Å². The number of nitrogens with one attached hydrogen (secondary N) is 2. The van der Waals surface area contributed by atoms with E-state index in [1.165, 1.54) is 0 Å². The molecule has 26 heavy (non-hydrogen) atoms. The second-order valence-electron chi connectivity index (χ2n) is 5.76. The molecule has 0 fully saturated rings. The Morgan fingerprint density at radius 3 is 1.69 bits per heavy atom. The fraction of sp³-hybridized carbons (Fsp3) is 0.0476. The van der Waals surface area contributed by atoms with Crippen LogP contribution >= 0.6 is 0 Å². The Morgan fingerprint density at radius 2 is 1.19 bits per heavy atom. The van der Waals surface area contributed by atoms with Crippen LogP contribution in [-0.2, 0) is 6.54 Å². The van der Waals surface area contributed by atoms with Crippen LogP contribution in [0.2, 0.25) is 0 Å². The number of rotatable bonds is 5. The minimum Gasteiger partial charge on any atom is -0.348 e. The van der Waals surface area contributed by atoms with Gasteiger partial charge in [0.25, 0.3) is 11.8 Å². The number of hydrogen-bond acceptors (Lipinski definition) is 3. The standard InChI is InChI=1S/C21H18N2O3/c24-20(22-14-15-4-2-1-3-5-15)18-10-6-16(7-11-18)17-8-12-19(13-9-17)21(25)23-26/h1-13,26H,14H2,(H,22,24)(H,23,25). The zero-order chi connectivity index (χ0) is 18.4. The lowest BCUT2D eigenvalue weighted by Crippen LogP contribution is -2.22. The van der Waals surface area contributed by atoms with Crippen LogP contribution in [0.25, 0.3) is 11.1 Å². The molecule has 2 amide bonds. The highest BCUT2D eigenvalue weighted by Gasteiger charge is 2.07. The van der Waals surface area contributed by atoms with E-state index in [-0.39, 0.29) is 5.91 Å². The Labute approximate surface area is 151 Å². The average molecular weight is 346 g/mol. The maximum absolute atomic E-state index is 12.2. The molecule has 3 rings (SSSR count). The lowest BCUT2D eigenvalue weighted by molar-refractivity contribution is 0.0706. The highest BCUT2D eigenvalue weighted by atomic mass is 16.5. The van der Waals surface area contributed by atoms with E-state index in [1.807, 2.05) is 42.5 Å². The zero-order valence-corrected chi connectivity index (χ0v) is 14.0. The largest absolute Gasteiger partial charge is 0.348 e. The molecule has 0 aromatic heterocycles. The van der Waals surface area contributed by atoms with Crippen molar-refractivity contribution in [2.24, 2.45) is 0 Å². The highest BCUT2D eigenvalue weighted by Crippen LogP contribution is 2.20. The summed E-state index contributed by atoms with van der Waals surface area (Å²) in [4.78, 5) is 23.6. The Hall–Kier alpha value is -3.44. The van der Waals surface area contributed by atoms with Crippen LogP contribution in [0.1, 0.15) is 26.3 Å². The van der Waals surface area contributed by atoms with Gasteiger partial charge < -0.3 is 5.32 Å². The molecule has 3 aromatic carbocycles. The summed E-state index contributed by atoms with van der Waals surface area (Å²) in [7, 11) is 0. The molecule has 0 aliphatic rings. The molecule has 5 nitrogen and oxygen atoms in total. The van der Waals surface area contributed by atoms with Crippen LogP contribution in [0.4, 0.5) is 0 Å². The van der Waals surface area contributed by atoms with Gasteiger partial charge in [0.2, 0.25) is 0 Å². The fourth-order valence-corrected chi connectivity index (χ4v) is 2.57. The Morgan fingerprint density at radius 1 is 0.692 bits per heavy atom. The van der Waals surface area contributed by atoms with Gasteiger partial charge in [-0.3, -0.25) is 14.8 Å². The third kappa shape index (κ3) is 4.15. The summed E-state index contributed by atoms with van der Waals surface area (Å²) in [5.41, 5.74) is 5.44. The fourth-order valence-electron chi connectivity index (χ4n) is 2.57. The molecule has 0 atom stereocenters. The summed E-state index contributed by atoms with van der Waals surface area (Å²) in [6.07, 6.45) is 0. The van der Waals surface area contributed by atoms with Crippen molar-refractivity contribution in [2.75, 3.05) is 0 Å². The first-order chi connectivity index (χ1) is 12.7. The molecule has 0 saturated carbocycles. The molecule has 0 aliphatic carbocycles. The molecule has 0 unspecified atom stereocenters. The summed E-state index contributed by atoms with van der Waals surface area (Å²) in [5, 5.41) is 11.5. The monoisotopic (exact) mass is 346 g/mol. The SMILES string of the molecule is O=C(NO)c1ccc(-c2ccc(C(=O)NCc3ccccc3)cc2)cc1. The van der Waals surface area contributed by atoms with Crippen molar-refractivity contribution in [2.45, 2.75) is 6.54 Å². The van der Waals surface area contributed by atoms with Crippen molar-refractivity contribution in [1.29, 1.82) is 0 Å². The number of benzene rings is 3. The summed E-state index contributed by atoms with van der Waals surface area (Å²) in [6, 6.07) is 23.8. The molecule has 3 N–H and O–H groups in total. The number of hydrogen-bond donors (Lipinski definition) is 3. The maximum Gasteiger partial charge on any atom is 0.274 e. The first kappa shape index (κ1) is 17.4. The van der Waals surface area contributed by atoms with Crippen LogP contribution < -0.4 is 10.8 Å². The molecule has 0 spiro atoms. The van der Waals surface area contributed by atoms with E-state index in [2.05, 4.69) is 5.32 Å². The van der Waals surface area contributed by atoms with Gasteiger partial charge in [-0.25, -0.2) is 5.48 Å². The van der Waals surface area contributed by atoms with Gasteiger partial charge >= 0.3 is 0 Å². The van der Waals surface area contributed by atoms with Crippen molar-refractivity contribution in [3.05, 3.63) is 95.6 Å². The number of hydroxylamine groups is 1. The van der Waals surface area contributed by atoms with Gasteiger partial charge in [-0.2, -0.15) is 0 Å². The van der Waals surface area contributed by atoms with Gasteiger partial charge in [0, 0.05) is 17.7 Å². The van der Waals surface area contributed by atoms with Crippen LogP contribution in [0, 0.1) is 0 Å². The third-order valence-electron chi connectivity index (χ3n) is 4.02. The van der Waals surface area contributed by atoms with Crippen molar-refractivity contribution in [3.8, 4) is 11.1 Å². The average Bonchev–Trinajstić information content (AvgIpc) is 2.72. The molecule has 3 aromatic rings. The topological polar surface area (TPSA) is 78.4 Å². The van der Waals surface area contributed by atoms with E-state index in [4.69, 9.17) is 5.21 Å². The van der Waals surface area contributed by atoms with Gasteiger partial charge in [-0.15, -0.1) is 0 Å². The number of carbonyl (C=O) groups is 2. The highest BCUT2D eigenvalue weighted by molar-refractivity contribution is 5.95. The minimum atomic E-state index is -0.554. The quantitative estimate of drug-likeness (QED) is 0.489. The van der Waals surface area contributed by atoms with Gasteiger partial charge in [-0.1, -0.05) is 54.6 Å². The third-order valence-corrected chi connectivity index (χ3v) is 4.02. The molecular weight excluding hydrogens is 328 g/mol. The molecule has 0 heterocycles. The summed E-state index contributed by atoms with van der Waals surface area (Å²) in [6.45, 7) is 0.482. The van der Waals surface area contributed by atoms with E-state index >= 15 is 0 Å². The van der Waals surface area contributed by atoms with E-state index in [1.54, 1.807) is 41.9 Å². The molecule has 5 heteroatoms. The second kappa shape index (κ2) is 8.09. The number of carbonyl (C=O) groups excluding carboxylic acids is 2. The summed E-state index contributed by atoms with van der Waals surface area (Å²) in [5.74, 6) is -0.683. The second-order valence-corrected chi connectivity index (χ2v) is 5.76. The molecular formula is C21H18N2O3. The van der Waals surface area contributed by atoms with Crippen molar-refractivity contribution >= 4 is 11.8 Å². The molecule has 0 aliphatic heterocycles. The van der Waals surface area contributed by atoms with Crippen molar-refractivity contribution in [3.63, 3.8) is 0 Å². The first-order valence-electron chi connectivity index (χ1n) is 8.14. The normalized spacial score (nSPS) is 10.2. The van der Waals surface area contributed by atoms with Gasteiger partial charge in [0.15, 0.2) is 0 Å². The van der Waals surface area contributed by atoms with Gasteiger partial charge in [0.1, 0.15) is 0 Å². The van der Waals surface area contributed by atoms with Gasteiger partial charge in [0.05, 0.1) is 0 Å². The predicted molar refractivity (Wildman–Crippen MR) is 98.7 cm³/mol. The van der Waals surface area contributed by atoms with E-state index in [0.717, 1.165) is 16.7 Å². The number of amides is 2. The lowest BCUT2D eigenvalue weighted by atomic mass is 10.0. The zero-order valence-electron chi connectivity index (χ0n) is 14.0.